The Morgan fingerprint density at radius 3 is 2.67 bits per heavy atom. The van der Waals surface area contributed by atoms with Gasteiger partial charge in [-0.25, -0.2) is 4.98 Å². The van der Waals surface area contributed by atoms with Crippen molar-refractivity contribution < 1.29 is 14.6 Å². The Hall–Kier alpha value is -2.10. The molecule has 0 saturated heterocycles. The van der Waals surface area contributed by atoms with Crippen LogP contribution in [0, 0.1) is 12.8 Å². The third-order valence-electron chi connectivity index (χ3n) is 5.28. The second-order valence-electron chi connectivity index (χ2n) is 8.87. The van der Waals surface area contributed by atoms with Gasteiger partial charge in [0.15, 0.2) is 0 Å². The first-order valence-corrected chi connectivity index (χ1v) is 12.3. The molecular formula is C25H35N3O4S. The Bertz CT molecular complexity index is 1060. The van der Waals surface area contributed by atoms with Crippen LogP contribution in [-0.2, 0) is 16.0 Å². The van der Waals surface area contributed by atoms with Crippen LogP contribution < -0.4 is 5.56 Å². The van der Waals surface area contributed by atoms with Gasteiger partial charge in [-0.3, -0.25) is 9.69 Å². The van der Waals surface area contributed by atoms with E-state index in [4.69, 9.17) is 14.5 Å². The third-order valence-corrected chi connectivity index (χ3v) is 6.15. The van der Waals surface area contributed by atoms with Crippen LogP contribution in [0.4, 0.5) is 0 Å². The Morgan fingerprint density at radius 1 is 1.21 bits per heavy atom. The van der Waals surface area contributed by atoms with Crippen molar-refractivity contribution in [2.75, 3.05) is 40.0 Å². The van der Waals surface area contributed by atoms with E-state index >= 15 is 0 Å². The van der Waals surface area contributed by atoms with E-state index in [1.807, 2.05) is 36.6 Å². The molecule has 0 aliphatic heterocycles. The molecule has 2 heterocycles. The van der Waals surface area contributed by atoms with Gasteiger partial charge in [-0.1, -0.05) is 43.7 Å². The van der Waals surface area contributed by atoms with Gasteiger partial charge in [0.25, 0.3) is 5.56 Å². The molecule has 0 aliphatic rings. The maximum absolute atomic E-state index is 13.0. The number of H-pyrrole nitrogens is 1. The highest BCUT2D eigenvalue weighted by molar-refractivity contribution is 7.17. The summed E-state index contributed by atoms with van der Waals surface area (Å²) in [7, 11) is 1.67. The van der Waals surface area contributed by atoms with E-state index in [1.165, 1.54) is 16.9 Å². The zero-order valence-corrected chi connectivity index (χ0v) is 20.8. The first-order chi connectivity index (χ1) is 15.9. The normalized spacial score (nSPS) is 12.8. The smallest absolute Gasteiger partial charge is 0.260 e. The highest BCUT2D eigenvalue weighted by Crippen LogP contribution is 2.30. The minimum atomic E-state index is -0.614. The van der Waals surface area contributed by atoms with Crippen molar-refractivity contribution >= 4 is 21.6 Å². The van der Waals surface area contributed by atoms with E-state index in [9.17, 15) is 9.90 Å². The van der Waals surface area contributed by atoms with Crippen molar-refractivity contribution in [1.29, 1.82) is 0 Å². The van der Waals surface area contributed by atoms with Gasteiger partial charge in [0, 0.05) is 44.4 Å². The average Bonchev–Trinajstić information content (AvgIpc) is 3.18. The third kappa shape index (κ3) is 7.45. The average molecular weight is 474 g/mol. The molecule has 1 unspecified atom stereocenters. The van der Waals surface area contributed by atoms with Gasteiger partial charge in [0.1, 0.15) is 10.7 Å². The lowest BCUT2D eigenvalue weighted by molar-refractivity contribution is 0.00544. The number of nitrogens with one attached hydrogen (secondary N) is 1. The minimum absolute atomic E-state index is 0.135. The number of benzene rings is 1. The summed E-state index contributed by atoms with van der Waals surface area (Å²) < 4.78 is 10.8. The molecule has 3 rings (SSSR count). The van der Waals surface area contributed by atoms with Gasteiger partial charge in [-0.2, -0.15) is 0 Å². The lowest BCUT2D eigenvalue weighted by atomic mass is 10.1. The molecule has 180 valence electrons. The molecule has 3 aromatic rings. The lowest BCUT2D eigenvalue weighted by Gasteiger charge is -2.24. The number of aliphatic hydroxyl groups is 1. The molecule has 0 saturated carbocycles. The number of aryl methyl sites for hydroxylation is 1. The van der Waals surface area contributed by atoms with Gasteiger partial charge in [-0.15, -0.1) is 11.3 Å². The number of hydrogen-bond donors (Lipinski definition) is 2. The van der Waals surface area contributed by atoms with Crippen molar-refractivity contribution in [1.82, 2.24) is 14.9 Å². The Kier molecular flexibility index (Phi) is 9.58. The highest BCUT2D eigenvalue weighted by Gasteiger charge is 2.17. The summed E-state index contributed by atoms with van der Waals surface area (Å²) in [6.07, 6.45) is 0.204. The first-order valence-electron chi connectivity index (χ1n) is 11.4. The number of aliphatic hydroxyl groups excluding tert-OH is 1. The molecule has 0 spiro atoms. The molecule has 2 N–H and O–H groups in total. The number of fused-ring (bicyclic) bond motifs is 1. The summed E-state index contributed by atoms with van der Waals surface area (Å²) in [5.74, 6) is 1.02. The van der Waals surface area contributed by atoms with Gasteiger partial charge in [0.2, 0.25) is 0 Å². The van der Waals surface area contributed by atoms with Crippen molar-refractivity contribution in [3.63, 3.8) is 0 Å². The lowest BCUT2D eigenvalue weighted by Crippen LogP contribution is -2.36. The van der Waals surface area contributed by atoms with Crippen LogP contribution in [0.5, 0.6) is 0 Å². The van der Waals surface area contributed by atoms with Crippen LogP contribution in [0.1, 0.15) is 31.7 Å². The predicted molar refractivity (Wildman–Crippen MR) is 134 cm³/mol. The van der Waals surface area contributed by atoms with E-state index in [1.54, 1.807) is 7.11 Å². The number of aromatic nitrogens is 2. The molecule has 1 atom stereocenters. The molecule has 8 heteroatoms. The minimum Gasteiger partial charge on any atom is -0.389 e. The number of hydrogen-bond acceptors (Lipinski definition) is 7. The Labute approximate surface area is 199 Å². The van der Waals surface area contributed by atoms with E-state index in [0.29, 0.717) is 43.4 Å². The summed E-state index contributed by atoms with van der Waals surface area (Å²) in [5, 5.41) is 13.1. The zero-order chi connectivity index (χ0) is 23.8. The Balaban J connectivity index is 1.76. The largest absolute Gasteiger partial charge is 0.389 e. The number of methoxy groups -OCH3 is 1. The summed E-state index contributed by atoms with van der Waals surface area (Å²) in [6, 6.07) is 8.15. The van der Waals surface area contributed by atoms with E-state index in [-0.39, 0.29) is 12.2 Å². The molecule has 0 amide bonds. The first kappa shape index (κ1) is 25.5. The van der Waals surface area contributed by atoms with Gasteiger partial charge in [-0.05, 0) is 24.8 Å². The van der Waals surface area contributed by atoms with E-state index < -0.39 is 6.10 Å². The van der Waals surface area contributed by atoms with Crippen molar-refractivity contribution in [3.05, 3.63) is 51.4 Å². The Morgan fingerprint density at radius 2 is 1.97 bits per heavy atom. The summed E-state index contributed by atoms with van der Waals surface area (Å²) >= 11 is 1.48. The maximum Gasteiger partial charge on any atom is 0.260 e. The highest BCUT2D eigenvalue weighted by atomic mass is 32.1. The summed E-state index contributed by atoms with van der Waals surface area (Å²) in [5.41, 5.74) is 2.96. The van der Waals surface area contributed by atoms with Crippen molar-refractivity contribution in [3.8, 4) is 11.1 Å². The van der Waals surface area contributed by atoms with Crippen molar-refractivity contribution in [2.24, 2.45) is 5.92 Å². The van der Waals surface area contributed by atoms with E-state index in [2.05, 4.69) is 23.7 Å². The summed E-state index contributed by atoms with van der Waals surface area (Å²) in [6.45, 7) is 9.33. The number of aromatic amines is 1. The predicted octanol–water partition coefficient (Wildman–Crippen LogP) is 3.83. The van der Waals surface area contributed by atoms with Crippen LogP contribution in [-0.4, -0.2) is 66.1 Å². The van der Waals surface area contributed by atoms with Crippen LogP contribution in [0.2, 0.25) is 0 Å². The molecule has 0 radical (unpaired) electrons. The van der Waals surface area contributed by atoms with Crippen LogP contribution in [0.15, 0.2) is 34.4 Å². The van der Waals surface area contributed by atoms with Crippen LogP contribution in [0.25, 0.3) is 21.3 Å². The van der Waals surface area contributed by atoms with Gasteiger partial charge >= 0.3 is 0 Å². The van der Waals surface area contributed by atoms with Gasteiger partial charge in [0.05, 0.1) is 24.6 Å². The number of nitrogens with zero attached hydrogens (tertiary/aromatic N) is 2. The summed E-state index contributed by atoms with van der Waals surface area (Å²) in [4.78, 5) is 23.5. The fraction of sp³-hybridized carbons (Fsp3) is 0.520. The monoisotopic (exact) mass is 473 g/mol. The molecule has 0 fully saturated rings. The quantitative estimate of drug-likeness (QED) is 0.367. The van der Waals surface area contributed by atoms with E-state index in [0.717, 1.165) is 28.9 Å². The standard InChI is InChI=1S/C25H35N3O4S/c1-17(2)14-32-15-20(29)12-28(10-5-11-31-4)13-22-26-24(30)23-21(16-33-25(23)27-22)19-8-6-18(3)7-9-19/h6-9,16-17,20,29H,5,10-15H2,1-4H3,(H,26,27,30). The number of rotatable bonds is 13. The SMILES string of the molecule is COCCCN(Cc1nc2scc(-c3ccc(C)cc3)c2c(=O)[nH]1)CC(O)COCC(C)C. The number of ether oxygens (including phenoxy) is 2. The fourth-order valence-electron chi connectivity index (χ4n) is 3.68. The van der Waals surface area contributed by atoms with Crippen LogP contribution >= 0.6 is 11.3 Å². The maximum atomic E-state index is 13.0. The molecule has 7 nitrogen and oxygen atoms in total. The molecule has 2 aromatic heterocycles. The second kappa shape index (κ2) is 12.4. The van der Waals surface area contributed by atoms with Crippen molar-refractivity contribution in [2.45, 2.75) is 39.8 Å². The second-order valence-corrected chi connectivity index (χ2v) is 9.73. The molecule has 33 heavy (non-hydrogen) atoms. The zero-order valence-electron chi connectivity index (χ0n) is 20.0. The molecule has 0 aliphatic carbocycles. The fourth-order valence-corrected chi connectivity index (χ4v) is 4.65. The topological polar surface area (TPSA) is 87.7 Å². The molecular weight excluding hydrogens is 438 g/mol. The van der Waals surface area contributed by atoms with Gasteiger partial charge < -0.3 is 19.6 Å². The number of thiophene rings is 1. The molecule has 1 aromatic carbocycles. The van der Waals surface area contributed by atoms with Crippen LogP contribution in [0.3, 0.4) is 0 Å². The molecule has 0 bridgehead atoms.